The molecule has 2 aromatic rings. The average molecular weight is 253 g/mol. The lowest BCUT2D eigenvalue weighted by molar-refractivity contribution is 0.456. The van der Waals surface area contributed by atoms with E-state index in [0.29, 0.717) is 11.6 Å². The Kier molecular flexibility index (Phi) is 3.58. The minimum atomic E-state index is 0.173. The molecular weight excluding hydrogens is 240 g/mol. The second-order valence-electron chi connectivity index (χ2n) is 3.67. The molecule has 0 unspecified atom stereocenters. The zero-order valence-electron chi connectivity index (χ0n) is 9.72. The van der Waals surface area contributed by atoms with E-state index in [0.717, 1.165) is 18.5 Å². The van der Waals surface area contributed by atoms with Gasteiger partial charge in [-0.3, -0.25) is 4.68 Å². The van der Waals surface area contributed by atoms with Crippen molar-refractivity contribution in [1.29, 1.82) is 0 Å². The van der Waals surface area contributed by atoms with Gasteiger partial charge in [0.05, 0.1) is 12.4 Å². The molecule has 0 aliphatic heterocycles. The summed E-state index contributed by atoms with van der Waals surface area (Å²) in [4.78, 5) is 7.89. The fraction of sp³-hybridized carbons (Fsp3) is 0.364. The van der Waals surface area contributed by atoms with Crippen molar-refractivity contribution in [3.8, 4) is 11.6 Å². The van der Waals surface area contributed by atoms with Crippen LogP contribution in [-0.2, 0) is 6.54 Å². The highest BCUT2D eigenvalue weighted by atomic mass is 35.5. The molecule has 17 heavy (non-hydrogen) atoms. The van der Waals surface area contributed by atoms with E-state index in [4.69, 9.17) is 16.3 Å². The molecule has 0 saturated heterocycles. The van der Waals surface area contributed by atoms with Crippen molar-refractivity contribution in [2.45, 2.75) is 26.8 Å². The van der Waals surface area contributed by atoms with Crippen LogP contribution in [0.25, 0.3) is 0 Å². The first kappa shape index (κ1) is 11.9. The standard InChI is InChI=1S/C11H13ClN4O/c1-3-4-16-7-9(6-14-16)17-10-8(2)5-13-11(12)15-10/h5-7H,3-4H2,1-2H3. The fourth-order valence-electron chi connectivity index (χ4n) is 1.37. The molecule has 0 spiro atoms. The molecule has 2 rings (SSSR count). The highest BCUT2D eigenvalue weighted by molar-refractivity contribution is 6.28. The van der Waals surface area contributed by atoms with Gasteiger partial charge in [-0.25, -0.2) is 4.98 Å². The molecular formula is C11H13ClN4O. The van der Waals surface area contributed by atoms with E-state index in [-0.39, 0.29) is 5.28 Å². The largest absolute Gasteiger partial charge is 0.435 e. The lowest BCUT2D eigenvalue weighted by Gasteiger charge is -2.04. The van der Waals surface area contributed by atoms with Gasteiger partial charge in [0.15, 0.2) is 5.75 Å². The van der Waals surface area contributed by atoms with Gasteiger partial charge < -0.3 is 4.74 Å². The van der Waals surface area contributed by atoms with Crippen LogP contribution in [0.5, 0.6) is 11.6 Å². The maximum atomic E-state index is 5.71. The number of hydrogen-bond donors (Lipinski definition) is 0. The SMILES string of the molecule is CCCn1cc(Oc2nc(Cl)ncc2C)cn1. The number of halogens is 1. The average Bonchev–Trinajstić information content (AvgIpc) is 2.72. The van der Waals surface area contributed by atoms with Crippen molar-refractivity contribution in [3.05, 3.63) is 29.4 Å². The van der Waals surface area contributed by atoms with Crippen LogP contribution in [0.15, 0.2) is 18.6 Å². The van der Waals surface area contributed by atoms with Crippen LogP contribution in [0, 0.1) is 6.92 Å². The van der Waals surface area contributed by atoms with Gasteiger partial charge in [-0.05, 0) is 24.9 Å². The summed E-state index contributed by atoms with van der Waals surface area (Å²) in [5.41, 5.74) is 0.831. The molecule has 5 nitrogen and oxygen atoms in total. The third-order valence-electron chi connectivity index (χ3n) is 2.17. The number of aromatic nitrogens is 4. The Labute approximate surface area is 104 Å². The predicted molar refractivity (Wildman–Crippen MR) is 64.4 cm³/mol. The third kappa shape index (κ3) is 2.94. The quantitative estimate of drug-likeness (QED) is 0.785. The van der Waals surface area contributed by atoms with Gasteiger partial charge in [-0.2, -0.15) is 10.1 Å². The van der Waals surface area contributed by atoms with Gasteiger partial charge >= 0.3 is 0 Å². The number of rotatable bonds is 4. The third-order valence-corrected chi connectivity index (χ3v) is 2.35. The van der Waals surface area contributed by atoms with E-state index in [1.165, 1.54) is 0 Å². The first-order valence-corrected chi connectivity index (χ1v) is 5.76. The van der Waals surface area contributed by atoms with Crippen molar-refractivity contribution < 1.29 is 4.74 Å². The summed E-state index contributed by atoms with van der Waals surface area (Å²) in [6, 6.07) is 0. The summed E-state index contributed by atoms with van der Waals surface area (Å²) < 4.78 is 7.42. The van der Waals surface area contributed by atoms with Gasteiger partial charge in [0.25, 0.3) is 0 Å². The minimum absolute atomic E-state index is 0.173. The van der Waals surface area contributed by atoms with Crippen LogP contribution in [0.4, 0.5) is 0 Å². The molecule has 0 aliphatic rings. The summed E-state index contributed by atoms with van der Waals surface area (Å²) in [7, 11) is 0. The molecule has 2 heterocycles. The van der Waals surface area contributed by atoms with E-state index in [9.17, 15) is 0 Å². The summed E-state index contributed by atoms with van der Waals surface area (Å²) in [5.74, 6) is 1.11. The van der Waals surface area contributed by atoms with E-state index in [1.807, 2.05) is 17.8 Å². The highest BCUT2D eigenvalue weighted by Gasteiger charge is 2.06. The molecule has 0 aromatic carbocycles. The van der Waals surface area contributed by atoms with E-state index in [2.05, 4.69) is 22.0 Å². The van der Waals surface area contributed by atoms with E-state index >= 15 is 0 Å². The maximum Gasteiger partial charge on any atom is 0.226 e. The zero-order chi connectivity index (χ0) is 12.3. The van der Waals surface area contributed by atoms with E-state index < -0.39 is 0 Å². The Bertz CT molecular complexity index is 512. The molecule has 2 aromatic heterocycles. The maximum absolute atomic E-state index is 5.71. The Morgan fingerprint density at radius 1 is 1.41 bits per heavy atom. The Morgan fingerprint density at radius 3 is 3.00 bits per heavy atom. The molecule has 0 fully saturated rings. The predicted octanol–water partition coefficient (Wildman–Crippen LogP) is 2.84. The number of ether oxygens (including phenoxy) is 1. The van der Waals surface area contributed by atoms with Crippen molar-refractivity contribution in [2.75, 3.05) is 0 Å². The lowest BCUT2D eigenvalue weighted by Crippen LogP contribution is -1.96. The highest BCUT2D eigenvalue weighted by Crippen LogP contribution is 2.22. The smallest absolute Gasteiger partial charge is 0.226 e. The summed E-state index contributed by atoms with van der Waals surface area (Å²) in [6.45, 7) is 4.82. The number of aryl methyl sites for hydroxylation is 2. The van der Waals surface area contributed by atoms with Crippen LogP contribution < -0.4 is 4.74 Å². The molecule has 6 heteroatoms. The summed E-state index contributed by atoms with van der Waals surface area (Å²) in [5, 5.41) is 4.34. The summed E-state index contributed by atoms with van der Waals surface area (Å²) >= 11 is 5.71. The van der Waals surface area contributed by atoms with Gasteiger partial charge in [0.1, 0.15) is 0 Å². The van der Waals surface area contributed by atoms with Gasteiger partial charge in [0.2, 0.25) is 11.2 Å². The molecule has 0 N–H and O–H groups in total. The zero-order valence-corrected chi connectivity index (χ0v) is 10.5. The minimum Gasteiger partial charge on any atom is -0.435 e. The topological polar surface area (TPSA) is 52.8 Å². The van der Waals surface area contributed by atoms with Crippen LogP contribution in [0.1, 0.15) is 18.9 Å². The number of hydrogen-bond acceptors (Lipinski definition) is 4. The molecule has 0 atom stereocenters. The molecule has 0 bridgehead atoms. The molecule has 0 saturated carbocycles. The Hall–Kier alpha value is -1.62. The Morgan fingerprint density at radius 2 is 2.24 bits per heavy atom. The van der Waals surface area contributed by atoms with Crippen molar-refractivity contribution >= 4 is 11.6 Å². The van der Waals surface area contributed by atoms with Crippen molar-refractivity contribution in [1.82, 2.24) is 19.7 Å². The fourth-order valence-corrected chi connectivity index (χ4v) is 1.50. The second kappa shape index (κ2) is 5.14. The van der Waals surface area contributed by atoms with Crippen molar-refractivity contribution in [3.63, 3.8) is 0 Å². The van der Waals surface area contributed by atoms with E-state index in [1.54, 1.807) is 12.4 Å². The normalized spacial score (nSPS) is 10.5. The van der Waals surface area contributed by atoms with Crippen LogP contribution >= 0.6 is 11.6 Å². The molecule has 0 aliphatic carbocycles. The lowest BCUT2D eigenvalue weighted by atomic mass is 10.4. The second-order valence-corrected chi connectivity index (χ2v) is 4.01. The molecule has 90 valence electrons. The molecule has 0 radical (unpaired) electrons. The van der Waals surface area contributed by atoms with Crippen LogP contribution in [0.2, 0.25) is 5.28 Å². The van der Waals surface area contributed by atoms with Crippen molar-refractivity contribution in [2.24, 2.45) is 0 Å². The van der Waals surface area contributed by atoms with Gasteiger partial charge in [-0.1, -0.05) is 6.92 Å². The number of nitrogens with zero attached hydrogens (tertiary/aromatic N) is 4. The van der Waals surface area contributed by atoms with Crippen LogP contribution in [0.3, 0.4) is 0 Å². The van der Waals surface area contributed by atoms with Gasteiger partial charge in [-0.15, -0.1) is 0 Å². The first-order chi connectivity index (χ1) is 8.19. The molecule has 0 amide bonds. The van der Waals surface area contributed by atoms with Crippen LogP contribution in [-0.4, -0.2) is 19.7 Å². The summed E-state index contributed by atoms with van der Waals surface area (Å²) in [6.07, 6.45) is 6.14. The Balaban J connectivity index is 2.16. The van der Waals surface area contributed by atoms with Gasteiger partial charge in [0, 0.05) is 18.3 Å². The monoisotopic (exact) mass is 252 g/mol. The first-order valence-electron chi connectivity index (χ1n) is 5.38.